The molecule has 1 aliphatic rings. The number of fused-ring (bicyclic) bond motifs is 1. The van der Waals surface area contributed by atoms with Gasteiger partial charge in [0.05, 0.1) is 22.9 Å². The zero-order chi connectivity index (χ0) is 22.0. The fraction of sp³-hybridized carbons (Fsp3) is 0.286. The van der Waals surface area contributed by atoms with Gasteiger partial charge in [-0.3, -0.25) is 19.3 Å². The van der Waals surface area contributed by atoms with E-state index in [-0.39, 0.29) is 29.3 Å². The zero-order valence-electron chi connectivity index (χ0n) is 16.9. The Morgan fingerprint density at radius 3 is 2.53 bits per heavy atom. The quantitative estimate of drug-likeness (QED) is 0.426. The lowest BCUT2D eigenvalue weighted by Crippen LogP contribution is -2.31. The van der Waals surface area contributed by atoms with Crippen molar-refractivity contribution in [2.24, 2.45) is 0 Å². The number of carbonyl (C=O) groups is 4. The Morgan fingerprint density at radius 1 is 1.17 bits per heavy atom. The Hall–Kier alpha value is -3.75. The second kappa shape index (κ2) is 8.32. The molecular formula is C21H22N4O5. The summed E-state index contributed by atoms with van der Waals surface area (Å²) in [5.41, 5.74) is 0.405. The summed E-state index contributed by atoms with van der Waals surface area (Å²) in [6, 6.07) is 5.79. The van der Waals surface area contributed by atoms with Gasteiger partial charge in [-0.05, 0) is 39.0 Å². The van der Waals surface area contributed by atoms with Crippen molar-refractivity contribution in [3.63, 3.8) is 0 Å². The van der Waals surface area contributed by atoms with E-state index in [1.54, 1.807) is 16.9 Å². The SMILES string of the molecule is C=CCN1C(=O)c2ccc(C(=O)O[C@@H](C)C(=O)Nc3ccnn3C(C)C)cc2C1=O. The molecule has 1 aliphatic heterocycles. The summed E-state index contributed by atoms with van der Waals surface area (Å²) in [5, 5.41) is 6.80. The fourth-order valence-corrected chi connectivity index (χ4v) is 3.05. The number of imide groups is 1. The van der Waals surface area contributed by atoms with Crippen molar-refractivity contribution < 1.29 is 23.9 Å². The van der Waals surface area contributed by atoms with Crippen LogP contribution in [0.3, 0.4) is 0 Å². The lowest BCUT2D eigenvalue weighted by molar-refractivity contribution is -0.123. The predicted molar refractivity (Wildman–Crippen MR) is 108 cm³/mol. The largest absolute Gasteiger partial charge is 0.449 e. The van der Waals surface area contributed by atoms with Crippen molar-refractivity contribution in [3.8, 4) is 0 Å². The first-order chi connectivity index (χ1) is 14.2. The van der Waals surface area contributed by atoms with Crippen molar-refractivity contribution in [2.75, 3.05) is 11.9 Å². The molecule has 9 nitrogen and oxygen atoms in total. The number of aromatic nitrogens is 2. The first kappa shape index (κ1) is 21.0. The molecular weight excluding hydrogens is 388 g/mol. The van der Waals surface area contributed by atoms with Gasteiger partial charge in [0.2, 0.25) is 0 Å². The third kappa shape index (κ3) is 3.86. The van der Waals surface area contributed by atoms with Gasteiger partial charge in [-0.15, -0.1) is 6.58 Å². The minimum absolute atomic E-state index is 0.0421. The van der Waals surface area contributed by atoms with Crippen LogP contribution in [0.15, 0.2) is 43.1 Å². The van der Waals surface area contributed by atoms with E-state index in [1.165, 1.54) is 31.2 Å². The van der Waals surface area contributed by atoms with Gasteiger partial charge in [-0.25, -0.2) is 9.48 Å². The summed E-state index contributed by atoms with van der Waals surface area (Å²) in [7, 11) is 0. The molecule has 2 aromatic rings. The van der Waals surface area contributed by atoms with Crippen LogP contribution in [-0.2, 0) is 9.53 Å². The maximum Gasteiger partial charge on any atom is 0.338 e. The Balaban J connectivity index is 1.70. The monoisotopic (exact) mass is 410 g/mol. The smallest absolute Gasteiger partial charge is 0.338 e. The first-order valence-electron chi connectivity index (χ1n) is 9.41. The van der Waals surface area contributed by atoms with Crippen LogP contribution < -0.4 is 5.32 Å². The number of hydrogen-bond donors (Lipinski definition) is 1. The van der Waals surface area contributed by atoms with E-state index in [2.05, 4.69) is 17.0 Å². The van der Waals surface area contributed by atoms with E-state index in [4.69, 9.17) is 4.74 Å². The normalized spacial score (nSPS) is 13.9. The van der Waals surface area contributed by atoms with Crippen LogP contribution in [0.2, 0.25) is 0 Å². The summed E-state index contributed by atoms with van der Waals surface area (Å²) >= 11 is 0. The average molecular weight is 410 g/mol. The number of esters is 1. The van der Waals surface area contributed by atoms with Crippen LogP contribution in [0, 0.1) is 0 Å². The molecule has 30 heavy (non-hydrogen) atoms. The maximum atomic E-state index is 12.5. The van der Waals surface area contributed by atoms with Crippen molar-refractivity contribution >= 4 is 29.5 Å². The van der Waals surface area contributed by atoms with E-state index in [0.29, 0.717) is 5.82 Å². The molecule has 156 valence electrons. The van der Waals surface area contributed by atoms with E-state index in [9.17, 15) is 19.2 Å². The molecule has 0 spiro atoms. The molecule has 0 unspecified atom stereocenters. The number of amides is 3. The molecule has 0 saturated carbocycles. The molecule has 9 heteroatoms. The molecule has 0 aliphatic carbocycles. The molecule has 3 rings (SSSR count). The topological polar surface area (TPSA) is 111 Å². The number of nitrogens with one attached hydrogen (secondary N) is 1. The first-order valence-corrected chi connectivity index (χ1v) is 9.41. The highest BCUT2D eigenvalue weighted by molar-refractivity contribution is 6.22. The molecule has 1 atom stereocenters. The van der Waals surface area contributed by atoms with Gasteiger partial charge in [-0.1, -0.05) is 6.08 Å². The molecule has 0 bridgehead atoms. The minimum Gasteiger partial charge on any atom is -0.449 e. The molecule has 1 N–H and O–H groups in total. The second-order valence-electron chi connectivity index (χ2n) is 7.06. The minimum atomic E-state index is -1.09. The molecule has 1 aromatic heterocycles. The third-order valence-electron chi connectivity index (χ3n) is 4.58. The number of benzene rings is 1. The lowest BCUT2D eigenvalue weighted by atomic mass is 10.1. The van der Waals surface area contributed by atoms with Crippen molar-refractivity contribution in [1.29, 1.82) is 0 Å². The van der Waals surface area contributed by atoms with Gasteiger partial charge in [0.25, 0.3) is 17.7 Å². The van der Waals surface area contributed by atoms with Crippen LogP contribution in [-0.4, -0.2) is 51.0 Å². The highest BCUT2D eigenvalue weighted by atomic mass is 16.5. The van der Waals surface area contributed by atoms with Crippen molar-refractivity contribution in [2.45, 2.75) is 32.9 Å². The Labute approximate surface area is 173 Å². The summed E-state index contributed by atoms with van der Waals surface area (Å²) in [6.07, 6.45) is 1.92. The summed E-state index contributed by atoms with van der Waals surface area (Å²) in [6.45, 7) is 8.89. The van der Waals surface area contributed by atoms with Gasteiger partial charge in [0, 0.05) is 18.7 Å². The number of anilines is 1. The van der Waals surface area contributed by atoms with E-state index < -0.39 is 29.8 Å². The van der Waals surface area contributed by atoms with Crippen LogP contribution >= 0.6 is 0 Å². The van der Waals surface area contributed by atoms with Crippen LogP contribution in [0.25, 0.3) is 0 Å². The predicted octanol–water partition coefficient (Wildman–Crippen LogP) is 2.43. The summed E-state index contributed by atoms with van der Waals surface area (Å²) in [4.78, 5) is 50.6. The highest BCUT2D eigenvalue weighted by Gasteiger charge is 2.35. The van der Waals surface area contributed by atoms with Crippen molar-refractivity contribution in [1.82, 2.24) is 14.7 Å². The standard InChI is InChI=1S/C21H22N4O5/c1-5-10-24-19(27)15-7-6-14(11-16(15)20(24)28)21(29)30-13(4)18(26)23-17-8-9-22-25(17)12(2)3/h5-9,11-13H,1,10H2,2-4H3,(H,23,26)/t13-/m0/s1. The Kier molecular flexibility index (Phi) is 5.81. The van der Waals surface area contributed by atoms with Crippen LogP contribution in [0.1, 0.15) is 57.9 Å². The molecule has 3 amide bonds. The fourth-order valence-electron chi connectivity index (χ4n) is 3.05. The van der Waals surface area contributed by atoms with Crippen LogP contribution in [0.4, 0.5) is 5.82 Å². The number of ether oxygens (including phenoxy) is 1. The lowest BCUT2D eigenvalue weighted by Gasteiger charge is -2.16. The van der Waals surface area contributed by atoms with E-state index in [1.807, 2.05) is 13.8 Å². The average Bonchev–Trinajstić information content (AvgIpc) is 3.26. The van der Waals surface area contributed by atoms with Gasteiger partial charge < -0.3 is 10.1 Å². The van der Waals surface area contributed by atoms with Gasteiger partial charge >= 0.3 is 5.97 Å². The number of rotatable bonds is 7. The van der Waals surface area contributed by atoms with E-state index in [0.717, 1.165) is 4.90 Å². The van der Waals surface area contributed by atoms with Gasteiger partial charge in [0.15, 0.2) is 6.10 Å². The zero-order valence-corrected chi connectivity index (χ0v) is 16.9. The van der Waals surface area contributed by atoms with Crippen molar-refractivity contribution in [3.05, 3.63) is 59.8 Å². The number of nitrogens with zero attached hydrogens (tertiary/aromatic N) is 3. The highest BCUT2D eigenvalue weighted by Crippen LogP contribution is 2.24. The molecule has 0 saturated heterocycles. The number of carbonyl (C=O) groups excluding carboxylic acids is 4. The summed E-state index contributed by atoms with van der Waals surface area (Å²) < 4.78 is 6.87. The Morgan fingerprint density at radius 2 is 1.87 bits per heavy atom. The molecule has 0 fully saturated rings. The third-order valence-corrected chi connectivity index (χ3v) is 4.58. The second-order valence-corrected chi connectivity index (χ2v) is 7.06. The maximum absolute atomic E-state index is 12.5. The van der Waals surface area contributed by atoms with E-state index >= 15 is 0 Å². The Bertz CT molecular complexity index is 1040. The van der Waals surface area contributed by atoms with Gasteiger partial charge in [0.1, 0.15) is 5.82 Å². The van der Waals surface area contributed by atoms with Crippen LogP contribution in [0.5, 0.6) is 0 Å². The molecule has 1 aromatic carbocycles. The molecule has 0 radical (unpaired) electrons. The molecule has 2 heterocycles. The van der Waals surface area contributed by atoms with Gasteiger partial charge in [-0.2, -0.15) is 5.10 Å². The number of hydrogen-bond acceptors (Lipinski definition) is 6. The summed E-state index contributed by atoms with van der Waals surface area (Å²) in [5.74, 6) is -1.75.